The number of aromatic amines is 1. The van der Waals surface area contributed by atoms with Crippen molar-refractivity contribution >= 4 is 10.9 Å². The summed E-state index contributed by atoms with van der Waals surface area (Å²) in [6.07, 6.45) is 2.67. The largest absolute Gasteiger partial charge is 0.359 e. The zero-order chi connectivity index (χ0) is 12.4. The summed E-state index contributed by atoms with van der Waals surface area (Å²) in [6.45, 7) is 0.847. The lowest BCUT2D eigenvalue weighted by Crippen LogP contribution is -2.11. The fourth-order valence-electron chi connectivity index (χ4n) is 1.90. The normalized spacial score (nSPS) is 11.2. The predicted octanol–water partition coefficient (Wildman–Crippen LogP) is 0.905. The monoisotopic (exact) mass is 242 g/mol. The lowest BCUT2D eigenvalue weighted by Gasteiger charge is -1.95. The maximum absolute atomic E-state index is 4.37. The van der Waals surface area contributed by atoms with Gasteiger partial charge < -0.3 is 10.3 Å². The number of H-pyrrole nitrogens is 1. The first kappa shape index (κ1) is 10.9. The number of fused-ring (bicyclic) bond motifs is 1. The second-order valence-corrected chi connectivity index (χ2v) is 4.07. The van der Waals surface area contributed by atoms with E-state index in [1.807, 2.05) is 37.5 Å². The number of hydrogen-bond acceptors (Lipinski definition) is 4. The molecule has 6 heteroatoms. The highest BCUT2D eigenvalue weighted by Crippen LogP contribution is 2.19. The minimum Gasteiger partial charge on any atom is -0.359 e. The highest BCUT2D eigenvalue weighted by Gasteiger charge is 2.09. The molecule has 2 heterocycles. The molecule has 2 N–H and O–H groups in total. The number of para-hydroxylation sites is 1. The molecule has 0 aliphatic heterocycles. The highest BCUT2D eigenvalue weighted by molar-refractivity contribution is 5.87. The molecule has 0 amide bonds. The third-order valence-electron chi connectivity index (χ3n) is 2.84. The van der Waals surface area contributed by atoms with Gasteiger partial charge in [0.25, 0.3) is 0 Å². The van der Waals surface area contributed by atoms with Crippen molar-refractivity contribution in [3.63, 3.8) is 0 Å². The van der Waals surface area contributed by atoms with Crippen LogP contribution in [0.3, 0.4) is 0 Å². The Morgan fingerprint density at radius 3 is 3.11 bits per heavy atom. The molecule has 0 aliphatic rings. The molecule has 3 aromatic rings. The number of nitrogens with zero attached hydrogens (tertiary/aromatic N) is 4. The van der Waals surface area contributed by atoms with Crippen molar-refractivity contribution in [1.29, 1.82) is 0 Å². The average Bonchev–Trinajstić information content (AvgIpc) is 3.02. The Bertz CT molecular complexity index is 653. The average molecular weight is 242 g/mol. The van der Waals surface area contributed by atoms with Gasteiger partial charge in [-0.25, -0.2) is 0 Å². The Morgan fingerprint density at radius 2 is 2.22 bits per heavy atom. The minimum absolute atomic E-state index is 0.745. The van der Waals surface area contributed by atoms with Crippen molar-refractivity contribution in [2.24, 2.45) is 0 Å². The SMILES string of the molecule is CNCCc1nnn(-c2c[nH]c3ccccc23)n1. The van der Waals surface area contributed by atoms with Crippen LogP contribution in [0.5, 0.6) is 0 Å². The van der Waals surface area contributed by atoms with Crippen LogP contribution in [0.15, 0.2) is 30.5 Å². The van der Waals surface area contributed by atoms with Crippen LogP contribution in [-0.4, -0.2) is 38.8 Å². The first-order valence-electron chi connectivity index (χ1n) is 5.88. The Balaban J connectivity index is 1.96. The number of tetrazole rings is 1. The van der Waals surface area contributed by atoms with E-state index in [9.17, 15) is 0 Å². The van der Waals surface area contributed by atoms with Crippen LogP contribution in [0.25, 0.3) is 16.6 Å². The molecule has 0 aliphatic carbocycles. The molecule has 0 fully saturated rings. The van der Waals surface area contributed by atoms with Gasteiger partial charge in [-0.1, -0.05) is 18.2 Å². The van der Waals surface area contributed by atoms with Crippen molar-refractivity contribution in [1.82, 2.24) is 30.5 Å². The van der Waals surface area contributed by atoms with Gasteiger partial charge in [0, 0.05) is 30.1 Å². The van der Waals surface area contributed by atoms with E-state index in [0.717, 1.165) is 35.4 Å². The highest BCUT2D eigenvalue weighted by atomic mass is 15.6. The van der Waals surface area contributed by atoms with Crippen LogP contribution in [0.2, 0.25) is 0 Å². The van der Waals surface area contributed by atoms with E-state index in [4.69, 9.17) is 0 Å². The van der Waals surface area contributed by atoms with E-state index in [1.54, 1.807) is 4.80 Å². The summed E-state index contributed by atoms with van der Waals surface area (Å²) in [5.41, 5.74) is 2.00. The number of nitrogens with one attached hydrogen (secondary N) is 2. The Hall–Kier alpha value is -2.21. The number of benzene rings is 1. The van der Waals surface area contributed by atoms with Crippen LogP contribution in [0.4, 0.5) is 0 Å². The topological polar surface area (TPSA) is 71.4 Å². The van der Waals surface area contributed by atoms with E-state index in [-0.39, 0.29) is 0 Å². The minimum atomic E-state index is 0.745. The molecule has 18 heavy (non-hydrogen) atoms. The van der Waals surface area contributed by atoms with Gasteiger partial charge in [-0.3, -0.25) is 0 Å². The number of aromatic nitrogens is 5. The van der Waals surface area contributed by atoms with E-state index in [1.165, 1.54) is 0 Å². The third-order valence-corrected chi connectivity index (χ3v) is 2.84. The smallest absolute Gasteiger partial charge is 0.176 e. The summed E-state index contributed by atoms with van der Waals surface area (Å²) >= 11 is 0. The quantitative estimate of drug-likeness (QED) is 0.713. The molecule has 92 valence electrons. The molecule has 1 aromatic carbocycles. The standard InChI is InChI=1S/C12H14N6/c1-13-7-6-12-15-17-18(16-12)11-8-14-10-5-3-2-4-9(10)11/h2-5,8,13-14H,6-7H2,1H3. The molecule has 0 spiro atoms. The molecule has 6 nitrogen and oxygen atoms in total. The molecule has 0 radical (unpaired) electrons. The second kappa shape index (κ2) is 4.58. The molecule has 0 bridgehead atoms. The first-order valence-corrected chi connectivity index (χ1v) is 5.88. The van der Waals surface area contributed by atoms with Crippen molar-refractivity contribution in [3.05, 3.63) is 36.3 Å². The molecule has 0 atom stereocenters. The summed E-state index contributed by atoms with van der Waals surface area (Å²) in [7, 11) is 1.91. The number of hydrogen-bond donors (Lipinski definition) is 2. The maximum Gasteiger partial charge on any atom is 0.176 e. The lowest BCUT2D eigenvalue weighted by molar-refractivity contribution is 0.717. The summed E-state index contributed by atoms with van der Waals surface area (Å²) in [5.74, 6) is 0.745. The Kier molecular flexibility index (Phi) is 2.77. The fourth-order valence-corrected chi connectivity index (χ4v) is 1.90. The summed E-state index contributed by atoms with van der Waals surface area (Å²) in [5, 5.41) is 16.7. The molecular formula is C12H14N6. The van der Waals surface area contributed by atoms with Gasteiger partial charge in [0.1, 0.15) is 5.69 Å². The zero-order valence-corrected chi connectivity index (χ0v) is 10.1. The summed E-state index contributed by atoms with van der Waals surface area (Å²) in [6, 6.07) is 8.06. The summed E-state index contributed by atoms with van der Waals surface area (Å²) < 4.78 is 0. The van der Waals surface area contributed by atoms with Crippen molar-refractivity contribution in [2.45, 2.75) is 6.42 Å². The van der Waals surface area contributed by atoms with Crippen molar-refractivity contribution < 1.29 is 0 Å². The fraction of sp³-hybridized carbons (Fsp3) is 0.250. The zero-order valence-electron chi connectivity index (χ0n) is 10.1. The summed E-state index contributed by atoms with van der Waals surface area (Å²) in [4.78, 5) is 4.77. The molecule has 0 saturated heterocycles. The predicted molar refractivity (Wildman–Crippen MR) is 68.6 cm³/mol. The van der Waals surface area contributed by atoms with Gasteiger partial charge in [0.2, 0.25) is 0 Å². The molecular weight excluding hydrogens is 228 g/mol. The van der Waals surface area contributed by atoms with Gasteiger partial charge in [-0.05, 0) is 18.3 Å². The van der Waals surface area contributed by atoms with E-state index in [2.05, 4.69) is 25.7 Å². The third kappa shape index (κ3) is 1.86. The molecule has 0 saturated carbocycles. The van der Waals surface area contributed by atoms with Crippen molar-refractivity contribution in [2.75, 3.05) is 13.6 Å². The van der Waals surface area contributed by atoms with Crippen LogP contribution >= 0.6 is 0 Å². The maximum atomic E-state index is 4.37. The van der Waals surface area contributed by atoms with E-state index in [0.29, 0.717) is 0 Å². The van der Waals surface area contributed by atoms with Crippen LogP contribution in [0, 0.1) is 0 Å². The molecule has 0 unspecified atom stereocenters. The van der Waals surface area contributed by atoms with Crippen LogP contribution in [0.1, 0.15) is 5.82 Å². The van der Waals surface area contributed by atoms with Gasteiger partial charge in [0.15, 0.2) is 5.82 Å². The van der Waals surface area contributed by atoms with E-state index < -0.39 is 0 Å². The molecule has 2 aromatic heterocycles. The van der Waals surface area contributed by atoms with Crippen LogP contribution < -0.4 is 5.32 Å². The Morgan fingerprint density at radius 1 is 1.33 bits per heavy atom. The first-order chi connectivity index (χ1) is 8.88. The van der Waals surface area contributed by atoms with Gasteiger partial charge in [0.05, 0.1) is 0 Å². The number of likely N-dealkylation sites (N-methyl/N-ethyl adjacent to an activating group) is 1. The van der Waals surface area contributed by atoms with Crippen molar-refractivity contribution in [3.8, 4) is 5.69 Å². The Labute approximate surface area is 104 Å². The lowest BCUT2D eigenvalue weighted by atomic mass is 10.2. The number of rotatable bonds is 4. The van der Waals surface area contributed by atoms with Crippen LogP contribution in [-0.2, 0) is 6.42 Å². The molecule has 3 rings (SSSR count). The van der Waals surface area contributed by atoms with Gasteiger partial charge in [-0.2, -0.15) is 0 Å². The second-order valence-electron chi connectivity index (χ2n) is 4.07. The van der Waals surface area contributed by atoms with Gasteiger partial charge >= 0.3 is 0 Å². The van der Waals surface area contributed by atoms with E-state index >= 15 is 0 Å². The van der Waals surface area contributed by atoms with Gasteiger partial charge in [-0.15, -0.1) is 15.0 Å².